The van der Waals surface area contributed by atoms with Gasteiger partial charge < -0.3 is 14.8 Å². The number of nitrogens with zero attached hydrogens (tertiary/aromatic N) is 5. The molecule has 1 fully saturated rings. The van der Waals surface area contributed by atoms with Crippen LogP contribution in [0.25, 0.3) is 10.6 Å². The highest BCUT2D eigenvalue weighted by Crippen LogP contribution is 2.33. The monoisotopic (exact) mass is 536 g/mol. The van der Waals surface area contributed by atoms with Crippen molar-refractivity contribution in [2.45, 2.75) is 64.6 Å². The molecule has 0 bridgehead atoms. The number of alkyl halides is 3. The lowest BCUT2D eigenvalue weighted by Gasteiger charge is -2.31. The SMILES string of the molecule is C[C@H](Nc1nccc(N2C(=O)OC[C@@H]2[C@@H](C)OC(C)(C)C)n1)c1cnc(-c2ccc(C(F)(F)F)nc2)s1. The largest absolute Gasteiger partial charge is 0.447 e. The van der Waals surface area contributed by atoms with Gasteiger partial charge in [0.15, 0.2) is 0 Å². The molecule has 37 heavy (non-hydrogen) atoms. The number of amides is 1. The molecule has 4 heterocycles. The number of anilines is 2. The van der Waals surface area contributed by atoms with E-state index in [0.717, 1.165) is 17.1 Å². The maximum atomic E-state index is 12.8. The van der Waals surface area contributed by atoms with Gasteiger partial charge in [-0.3, -0.25) is 9.88 Å². The molecular formula is C24H27F3N6O3S. The molecule has 1 aliphatic heterocycles. The number of carbonyl (C=O) groups excluding carboxylic acids is 1. The molecule has 0 radical (unpaired) electrons. The molecule has 0 unspecified atom stereocenters. The van der Waals surface area contributed by atoms with Crippen LogP contribution in [-0.2, 0) is 15.7 Å². The van der Waals surface area contributed by atoms with Gasteiger partial charge in [0, 0.05) is 29.0 Å². The second kappa shape index (κ2) is 10.2. The number of nitrogens with one attached hydrogen (secondary N) is 1. The van der Waals surface area contributed by atoms with E-state index in [9.17, 15) is 18.0 Å². The van der Waals surface area contributed by atoms with Crippen LogP contribution in [0.2, 0.25) is 0 Å². The van der Waals surface area contributed by atoms with Crippen molar-refractivity contribution in [3.05, 3.63) is 47.4 Å². The van der Waals surface area contributed by atoms with E-state index in [1.807, 2.05) is 34.6 Å². The number of halogens is 3. The van der Waals surface area contributed by atoms with Crippen LogP contribution in [0.3, 0.4) is 0 Å². The lowest BCUT2D eigenvalue weighted by atomic mass is 10.1. The van der Waals surface area contributed by atoms with Gasteiger partial charge >= 0.3 is 12.3 Å². The van der Waals surface area contributed by atoms with Crippen LogP contribution in [0, 0.1) is 0 Å². The normalized spacial score (nSPS) is 18.0. The summed E-state index contributed by atoms with van der Waals surface area (Å²) < 4.78 is 49.7. The van der Waals surface area contributed by atoms with E-state index in [-0.39, 0.29) is 24.8 Å². The number of rotatable bonds is 7. The molecule has 198 valence electrons. The average molecular weight is 537 g/mol. The van der Waals surface area contributed by atoms with E-state index >= 15 is 0 Å². The third kappa shape index (κ3) is 6.34. The Labute approximate surface area is 216 Å². The van der Waals surface area contributed by atoms with E-state index in [4.69, 9.17) is 9.47 Å². The molecule has 0 spiro atoms. The summed E-state index contributed by atoms with van der Waals surface area (Å²) in [7, 11) is 0. The first-order valence-electron chi connectivity index (χ1n) is 11.5. The Bertz CT molecular complexity index is 1250. The summed E-state index contributed by atoms with van der Waals surface area (Å²) in [6, 6.07) is 3.28. The van der Waals surface area contributed by atoms with Gasteiger partial charge in [-0.2, -0.15) is 18.2 Å². The Hall–Kier alpha value is -3.32. The first-order chi connectivity index (χ1) is 17.3. The summed E-state index contributed by atoms with van der Waals surface area (Å²) in [4.78, 5) is 31.4. The third-order valence-corrected chi connectivity index (χ3v) is 6.70. The molecule has 1 N–H and O–H groups in total. The second-order valence-corrected chi connectivity index (χ2v) is 10.6. The summed E-state index contributed by atoms with van der Waals surface area (Å²) in [5, 5.41) is 3.72. The number of thiazole rings is 1. The topological polar surface area (TPSA) is 102 Å². The molecule has 13 heteroatoms. The standard InChI is InChI=1S/C24H27F3N6O3S/c1-13(17-11-30-20(37-17)15-6-7-18(29-10-15)24(25,26)27)31-21-28-9-8-19(32-21)33-16(12-35-22(33)34)14(2)36-23(3,4)5/h6-11,13-14,16H,12H2,1-5H3,(H,28,31,32)/t13-,14+,16+/m0/s1. The summed E-state index contributed by atoms with van der Waals surface area (Å²) in [6.45, 7) is 9.78. The molecule has 4 rings (SSSR count). The fourth-order valence-electron chi connectivity index (χ4n) is 3.81. The zero-order valence-corrected chi connectivity index (χ0v) is 21.7. The maximum absolute atomic E-state index is 12.8. The van der Waals surface area contributed by atoms with Crippen molar-refractivity contribution in [2.75, 3.05) is 16.8 Å². The number of hydrogen-bond acceptors (Lipinski definition) is 9. The van der Waals surface area contributed by atoms with Gasteiger partial charge in [0.1, 0.15) is 29.2 Å². The van der Waals surface area contributed by atoms with Crippen molar-refractivity contribution in [1.29, 1.82) is 0 Å². The van der Waals surface area contributed by atoms with Crippen molar-refractivity contribution in [3.63, 3.8) is 0 Å². The molecule has 0 aliphatic carbocycles. The van der Waals surface area contributed by atoms with E-state index < -0.39 is 23.6 Å². The fraction of sp³-hybridized carbons (Fsp3) is 0.458. The van der Waals surface area contributed by atoms with E-state index in [1.54, 1.807) is 18.5 Å². The van der Waals surface area contributed by atoms with Crippen LogP contribution in [0.5, 0.6) is 0 Å². The molecule has 3 aromatic heterocycles. The number of pyridine rings is 1. The molecule has 3 aromatic rings. The van der Waals surface area contributed by atoms with Crippen LogP contribution in [0.4, 0.5) is 29.7 Å². The van der Waals surface area contributed by atoms with Gasteiger partial charge in [0.25, 0.3) is 0 Å². The fourth-order valence-corrected chi connectivity index (χ4v) is 4.72. The van der Waals surface area contributed by atoms with E-state index in [0.29, 0.717) is 22.3 Å². The van der Waals surface area contributed by atoms with Crippen molar-refractivity contribution < 1.29 is 27.4 Å². The minimum absolute atomic E-state index is 0.182. The van der Waals surface area contributed by atoms with Crippen LogP contribution >= 0.6 is 11.3 Å². The van der Waals surface area contributed by atoms with Gasteiger partial charge in [-0.15, -0.1) is 11.3 Å². The number of hydrogen-bond donors (Lipinski definition) is 1. The van der Waals surface area contributed by atoms with Crippen LogP contribution in [0.15, 0.2) is 36.8 Å². The minimum Gasteiger partial charge on any atom is -0.447 e. The molecule has 1 saturated heterocycles. The summed E-state index contributed by atoms with van der Waals surface area (Å²) in [5.74, 6) is 0.668. The second-order valence-electron chi connectivity index (χ2n) is 9.55. The van der Waals surface area contributed by atoms with E-state index in [1.165, 1.54) is 22.3 Å². The Morgan fingerprint density at radius 1 is 1.14 bits per heavy atom. The summed E-state index contributed by atoms with van der Waals surface area (Å²) in [5.41, 5.74) is -0.863. The van der Waals surface area contributed by atoms with Gasteiger partial charge in [-0.1, -0.05) is 0 Å². The number of carbonyl (C=O) groups is 1. The highest BCUT2D eigenvalue weighted by molar-refractivity contribution is 7.15. The van der Waals surface area contributed by atoms with Crippen LogP contribution < -0.4 is 10.2 Å². The number of aromatic nitrogens is 4. The van der Waals surface area contributed by atoms with Gasteiger partial charge in [-0.05, 0) is 52.8 Å². The predicted octanol–water partition coefficient (Wildman–Crippen LogP) is 5.72. The lowest BCUT2D eigenvalue weighted by molar-refractivity contribution is -0.141. The Balaban J connectivity index is 1.47. The minimum atomic E-state index is -4.50. The molecule has 1 aliphatic rings. The van der Waals surface area contributed by atoms with Crippen LogP contribution in [-0.4, -0.2) is 50.4 Å². The zero-order chi connectivity index (χ0) is 27.0. The van der Waals surface area contributed by atoms with Crippen molar-refractivity contribution in [2.24, 2.45) is 0 Å². The highest BCUT2D eigenvalue weighted by atomic mass is 32.1. The molecule has 3 atom stereocenters. The highest BCUT2D eigenvalue weighted by Gasteiger charge is 2.40. The zero-order valence-electron chi connectivity index (χ0n) is 20.9. The average Bonchev–Trinajstić information content (AvgIpc) is 3.45. The van der Waals surface area contributed by atoms with Crippen molar-refractivity contribution in [3.8, 4) is 10.6 Å². The molecule has 0 aromatic carbocycles. The Kier molecular flexibility index (Phi) is 7.38. The first-order valence-corrected chi connectivity index (χ1v) is 12.4. The molecule has 1 amide bonds. The molecule has 9 nitrogen and oxygen atoms in total. The third-order valence-electron chi connectivity index (χ3n) is 5.47. The lowest BCUT2D eigenvalue weighted by Crippen LogP contribution is -2.45. The van der Waals surface area contributed by atoms with Crippen molar-refractivity contribution in [1.82, 2.24) is 19.9 Å². The van der Waals surface area contributed by atoms with Crippen molar-refractivity contribution >= 4 is 29.2 Å². The van der Waals surface area contributed by atoms with Gasteiger partial charge in [-0.25, -0.2) is 14.8 Å². The Morgan fingerprint density at radius 3 is 2.54 bits per heavy atom. The quantitative estimate of drug-likeness (QED) is 0.409. The summed E-state index contributed by atoms with van der Waals surface area (Å²) in [6.07, 6.45) is -0.967. The predicted molar refractivity (Wildman–Crippen MR) is 132 cm³/mol. The number of cyclic esters (lactones) is 1. The first kappa shape index (κ1) is 26.7. The Morgan fingerprint density at radius 2 is 1.89 bits per heavy atom. The number of ether oxygens (including phenoxy) is 2. The smallest absolute Gasteiger partial charge is 0.433 e. The van der Waals surface area contributed by atoms with Gasteiger partial charge in [0.2, 0.25) is 5.95 Å². The van der Waals surface area contributed by atoms with Crippen LogP contribution in [0.1, 0.15) is 51.2 Å². The molecule has 0 saturated carbocycles. The summed E-state index contributed by atoms with van der Waals surface area (Å²) >= 11 is 1.31. The maximum Gasteiger partial charge on any atom is 0.433 e. The molecular weight excluding hydrogens is 509 g/mol. The van der Waals surface area contributed by atoms with Gasteiger partial charge in [0.05, 0.1) is 17.7 Å². The van der Waals surface area contributed by atoms with E-state index in [2.05, 4.69) is 25.3 Å².